The molecular weight excluding hydrogens is 424 g/mol. The van der Waals surface area contributed by atoms with Gasteiger partial charge < -0.3 is 9.64 Å². The summed E-state index contributed by atoms with van der Waals surface area (Å²) in [4.78, 5) is 21.7. The summed E-state index contributed by atoms with van der Waals surface area (Å²) in [6, 6.07) is 6.28. The van der Waals surface area contributed by atoms with Gasteiger partial charge >= 0.3 is 0 Å². The summed E-state index contributed by atoms with van der Waals surface area (Å²) in [6.45, 7) is 7.23. The van der Waals surface area contributed by atoms with E-state index in [1.165, 1.54) is 16.4 Å². The fraction of sp³-hybridized carbons (Fsp3) is 0.500. The van der Waals surface area contributed by atoms with Gasteiger partial charge in [0, 0.05) is 55.9 Å². The number of aromatic nitrogens is 1. The molecule has 2 aliphatic rings. The SMILES string of the molecule is Cc1csc(CN2CCN(C(=O)c3ccc(S(=O)(=O)N4CCOCC4)cc3)CC2)n1. The van der Waals surface area contributed by atoms with Gasteiger partial charge in [-0.15, -0.1) is 11.3 Å². The smallest absolute Gasteiger partial charge is 0.253 e. The molecule has 2 aromatic rings. The third-order valence-corrected chi connectivity index (χ3v) is 8.26. The predicted molar refractivity (Wildman–Crippen MR) is 114 cm³/mol. The number of sulfonamides is 1. The zero-order chi connectivity index (χ0) is 21.1. The Bertz CT molecular complexity index is 976. The lowest BCUT2D eigenvalue weighted by Gasteiger charge is -2.34. The number of carbonyl (C=O) groups excluding carboxylic acids is 1. The van der Waals surface area contributed by atoms with Crippen LogP contribution in [0.3, 0.4) is 0 Å². The topological polar surface area (TPSA) is 83.1 Å². The molecule has 8 nitrogen and oxygen atoms in total. The van der Waals surface area contributed by atoms with Crippen molar-refractivity contribution in [3.63, 3.8) is 0 Å². The van der Waals surface area contributed by atoms with E-state index >= 15 is 0 Å². The zero-order valence-electron chi connectivity index (χ0n) is 17.0. The molecule has 1 amide bonds. The van der Waals surface area contributed by atoms with Crippen molar-refractivity contribution in [3.8, 4) is 0 Å². The highest BCUT2D eigenvalue weighted by molar-refractivity contribution is 7.89. The van der Waals surface area contributed by atoms with Crippen molar-refractivity contribution < 1.29 is 17.9 Å². The van der Waals surface area contributed by atoms with Crippen molar-refractivity contribution in [2.45, 2.75) is 18.4 Å². The number of ether oxygens (including phenoxy) is 1. The van der Waals surface area contributed by atoms with Gasteiger partial charge in [-0.25, -0.2) is 13.4 Å². The van der Waals surface area contributed by atoms with Crippen LogP contribution in [0.4, 0.5) is 0 Å². The fourth-order valence-electron chi connectivity index (χ4n) is 3.66. The molecule has 1 aromatic heterocycles. The quantitative estimate of drug-likeness (QED) is 0.685. The van der Waals surface area contributed by atoms with E-state index in [1.54, 1.807) is 23.5 Å². The van der Waals surface area contributed by atoms with Crippen LogP contribution in [0.5, 0.6) is 0 Å². The maximum absolute atomic E-state index is 12.9. The Balaban J connectivity index is 1.35. The maximum atomic E-state index is 12.9. The minimum absolute atomic E-state index is 0.0601. The van der Waals surface area contributed by atoms with E-state index in [9.17, 15) is 13.2 Å². The number of benzene rings is 1. The Morgan fingerprint density at radius 1 is 1.07 bits per heavy atom. The third kappa shape index (κ3) is 4.73. The van der Waals surface area contributed by atoms with Gasteiger partial charge in [-0.3, -0.25) is 9.69 Å². The number of rotatable bonds is 5. The number of amides is 1. The summed E-state index contributed by atoms with van der Waals surface area (Å²) in [5, 5.41) is 3.15. The van der Waals surface area contributed by atoms with Crippen molar-refractivity contribution >= 4 is 27.3 Å². The van der Waals surface area contributed by atoms with Crippen molar-refractivity contribution in [1.29, 1.82) is 0 Å². The molecular formula is C20H26N4O4S2. The van der Waals surface area contributed by atoms with Gasteiger partial charge in [-0.05, 0) is 31.2 Å². The van der Waals surface area contributed by atoms with Gasteiger partial charge in [0.1, 0.15) is 5.01 Å². The predicted octanol–water partition coefficient (Wildman–Crippen LogP) is 1.43. The first-order valence-electron chi connectivity index (χ1n) is 10.0. The molecule has 3 heterocycles. The lowest BCUT2D eigenvalue weighted by molar-refractivity contribution is 0.0628. The van der Waals surface area contributed by atoms with Crippen LogP contribution in [-0.4, -0.2) is 85.9 Å². The van der Waals surface area contributed by atoms with E-state index in [-0.39, 0.29) is 10.8 Å². The molecule has 0 spiro atoms. The number of hydrogen-bond acceptors (Lipinski definition) is 7. The molecule has 10 heteroatoms. The maximum Gasteiger partial charge on any atom is 0.253 e. The van der Waals surface area contributed by atoms with Gasteiger partial charge in [0.2, 0.25) is 10.0 Å². The van der Waals surface area contributed by atoms with Crippen LogP contribution in [-0.2, 0) is 21.3 Å². The second kappa shape index (κ2) is 9.11. The normalized spacial score (nSPS) is 19.2. The molecule has 4 rings (SSSR count). The van der Waals surface area contributed by atoms with Gasteiger partial charge in [0.05, 0.1) is 24.7 Å². The molecule has 0 atom stereocenters. The molecule has 0 saturated carbocycles. The standard InChI is InChI=1S/C20H26N4O4S2/c1-16-15-29-19(21-16)14-22-6-8-23(9-7-22)20(25)17-2-4-18(5-3-17)30(26,27)24-10-12-28-13-11-24/h2-5,15H,6-14H2,1H3. The number of hydrogen-bond donors (Lipinski definition) is 0. The highest BCUT2D eigenvalue weighted by atomic mass is 32.2. The van der Waals surface area contributed by atoms with Gasteiger partial charge in [-0.2, -0.15) is 4.31 Å². The Labute approximate surface area is 181 Å². The second-order valence-corrected chi connectivity index (χ2v) is 10.4. The largest absolute Gasteiger partial charge is 0.379 e. The van der Waals surface area contributed by atoms with E-state index in [2.05, 4.69) is 15.3 Å². The number of nitrogens with zero attached hydrogens (tertiary/aromatic N) is 4. The number of piperazine rings is 1. The lowest BCUT2D eigenvalue weighted by atomic mass is 10.2. The Morgan fingerprint density at radius 2 is 1.73 bits per heavy atom. The molecule has 0 N–H and O–H groups in total. The summed E-state index contributed by atoms with van der Waals surface area (Å²) in [5.74, 6) is -0.0601. The molecule has 0 unspecified atom stereocenters. The number of aryl methyl sites for hydroxylation is 1. The van der Waals surface area contributed by atoms with Crippen LogP contribution in [0.2, 0.25) is 0 Å². The average Bonchev–Trinajstić information content (AvgIpc) is 3.19. The summed E-state index contributed by atoms with van der Waals surface area (Å²) in [5.41, 5.74) is 1.56. The highest BCUT2D eigenvalue weighted by Crippen LogP contribution is 2.19. The molecule has 2 aliphatic heterocycles. The molecule has 0 aliphatic carbocycles. The van der Waals surface area contributed by atoms with Gasteiger partial charge in [-0.1, -0.05) is 0 Å². The van der Waals surface area contributed by atoms with Crippen LogP contribution < -0.4 is 0 Å². The summed E-state index contributed by atoms with van der Waals surface area (Å²) in [7, 11) is -3.55. The van der Waals surface area contributed by atoms with Crippen LogP contribution in [0.15, 0.2) is 34.5 Å². The Morgan fingerprint density at radius 3 is 2.33 bits per heavy atom. The van der Waals surface area contributed by atoms with E-state index in [1.807, 2.05) is 11.8 Å². The fourth-order valence-corrected chi connectivity index (χ4v) is 5.88. The molecule has 2 fully saturated rings. The Kier molecular flexibility index (Phi) is 6.49. The molecule has 0 bridgehead atoms. The van der Waals surface area contributed by atoms with E-state index in [4.69, 9.17) is 4.74 Å². The minimum atomic E-state index is -3.55. The highest BCUT2D eigenvalue weighted by Gasteiger charge is 2.27. The van der Waals surface area contributed by atoms with Gasteiger partial charge in [0.15, 0.2) is 0 Å². The van der Waals surface area contributed by atoms with Crippen LogP contribution in [0.25, 0.3) is 0 Å². The average molecular weight is 451 g/mol. The monoisotopic (exact) mass is 450 g/mol. The molecule has 30 heavy (non-hydrogen) atoms. The van der Waals surface area contributed by atoms with Crippen molar-refractivity contribution in [3.05, 3.63) is 45.9 Å². The summed E-state index contributed by atoms with van der Waals surface area (Å²) in [6.07, 6.45) is 0. The third-order valence-electron chi connectivity index (χ3n) is 5.39. The number of morpholine rings is 1. The van der Waals surface area contributed by atoms with Crippen LogP contribution >= 0.6 is 11.3 Å². The summed E-state index contributed by atoms with van der Waals surface area (Å²) >= 11 is 1.67. The zero-order valence-corrected chi connectivity index (χ0v) is 18.6. The first kappa shape index (κ1) is 21.4. The summed E-state index contributed by atoms with van der Waals surface area (Å²) < 4.78 is 32.1. The molecule has 0 radical (unpaired) electrons. The van der Waals surface area contributed by atoms with Gasteiger partial charge in [0.25, 0.3) is 5.91 Å². The second-order valence-electron chi connectivity index (χ2n) is 7.49. The minimum Gasteiger partial charge on any atom is -0.379 e. The van der Waals surface area contributed by atoms with Crippen molar-refractivity contribution in [2.24, 2.45) is 0 Å². The molecule has 1 aromatic carbocycles. The number of thiazole rings is 1. The van der Waals surface area contributed by atoms with E-state index < -0.39 is 10.0 Å². The number of carbonyl (C=O) groups is 1. The lowest BCUT2D eigenvalue weighted by Crippen LogP contribution is -2.48. The van der Waals surface area contributed by atoms with Crippen molar-refractivity contribution in [2.75, 3.05) is 52.5 Å². The van der Waals surface area contributed by atoms with Crippen LogP contribution in [0, 0.1) is 6.92 Å². The van der Waals surface area contributed by atoms with Crippen molar-refractivity contribution in [1.82, 2.24) is 19.1 Å². The van der Waals surface area contributed by atoms with Crippen LogP contribution in [0.1, 0.15) is 21.1 Å². The van der Waals surface area contributed by atoms with E-state index in [0.29, 0.717) is 45.0 Å². The Hall–Kier alpha value is -1.85. The first-order chi connectivity index (χ1) is 14.4. The molecule has 162 valence electrons. The molecule has 2 saturated heterocycles. The first-order valence-corrected chi connectivity index (χ1v) is 12.4. The van der Waals surface area contributed by atoms with E-state index in [0.717, 1.165) is 30.3 Å².